The SMILES string of the molecule is [2H]c1c([2H])c([2H])c2c(-c3ccc(-c4ccc5ccccc5c4)cc3)c3c([2H])c(-c4cccc5ccccc45)c([2H])c([2H])c3c(-c3ccccc3)c2c1[2H]. The molecule has 0 aliphatic rings. The Hall–Kier alpha value is -5.98. The molecule has 214 valence electrons. The van der Waals surface area contributed by atoms with Crippen molar-refractivity contribution < 1.29 is 9.60 Å². The predicted octanol–water partition coefficient (Wildman–Crippen LogP) is 13.0. The summed E-state index contributed by atoms with van der Waals surface area (Å²) in [5.74, 6) is 0. The second-order valence-electron chi connectivity index (χ2n) is 11.5. The first-order chi connectivity index (χ1) is 25.7. The van der Waals surface area contributed by atoms with E-state index < -0.39 is 0 Å². The van der Waals surface area contributed by atoms with E-state index in [1.807, 2.05) is 109 Å². The van der Waals surface area contributed by atoms with Gasteiger partial charge in [-0.1, -0.05) is 170 Å². The van der Waals surface area contributed by atoms with Crippen LogP contribution in [0.1, 0.15) is 9.60 Å². The fourth-order valence-corrected chi connectivity index (χ4v) is 6.68. The fourth-order valence-electron chi connectivity index (χ4n) is 6.68. The first kappa shape index (κ1) is 20.1. The first-order valence-corrected chi connectivity index (χ1v) is 15.4. The summed E-state index contributed by atoms with van der Waals surface area (Å²) in [6.07, 6.45) is 0. The molecule has 9 rings (SSSR count). The molecule has 9 aromatic carbocycles. The lowest BCUT2D eigenvalue weighted by Crippen LogP contribution is -1.92. The second-order valence-corrected chi connectivity index (χ2v) is 11.5. The summed E-state index contributed by atoms with van der Waals surface area (Å²) in [7, 11) is 0. The van der Waals surface area contributed by atoms with E-state index in [-0.39, 0.29) is 53.1 Å². The number of rotatable bonds is 4. The van der Waals surface area contributed by atoms with Crippen LogP contribution in [-0.4, -0.2) is 0 Å². The molecule has 46 heavy (non-hydrogen) atoms. The molecule has 0 saturated carbocycles. The van der Waals surface area contributed by atoms with Crippen molar-refractivity contribution in [1.82, 2.24) is 0 Å². The molecule has 0 unspecified atom stereocenters. The Kier molecular flexibility index (Phi) is 4.76. The molecule has 0 bridgehead atoms. The minimum atomic E-state index is -0.382. The lowest BCUT2D eigenvalue weighted by molar-refractivity contribution is 1.62. The van der Waals surface area contributed by atoms with Crippen LogP contribution >= 0.6 is 0 Å². The third-order valence-electron chi connectivity index (χ3n) is 8.88. The van der Waals surface area contributed by atoms with Crippen molar-refractivity contribution in [2.24, 2.45) is 0 Å². The number of hydrogen-bond acceptors (Lipinski definition) is 0. The largest absolute Gasteiger partial charge is 0.0636 e. The van der Waals surface area contributed by atoms with Gasteiger partial charge in [-0.15, -0.1) is 0 Å². The molecule has 9 aromatic rings. The highest BCUT2D eigenvalue weighted by molar-refractivity contribution is 6.22. The molecule has 0 aliphatic heterocycles. The predicted molar refractivity (Wildman–Crippen MR) is 198 cm³/mol. The molecule has 0 heteroatoms. The quantitative estimate of drug-likeness (QED) is 0.179. The van der Waals surface area contributed by atoms with Gasteiger partial charge in [-0.25, -0.2) is 0 Å². The summed E-state index contributed by atoms with van der Waals surface area (Å²) in [6, 6.07) is 43.7. The van der Waals surface area contributed by atoms with Crippen LogP contribution in [-0.2, 0) is 0 Å². The van der Waals surface area contributed by atoms with E-state index in [0.29, 0.717) is 44.2 Å². The summed E-state index contributed by atoms with van der Waals surface area (Å²) in [5.41, 5.74) is 5.07. The lowest BCUT2D eigenvalue weighted by Gasteiger charge is -2.19. The summed E-state index contributed by atoms with van der Waals surface area (Å²) >= 11 is 0. The molecule has 0 radical (unpaired) electrons. The van der Waals surface area contributed by atoms with Gasteiger partial charge in [-0.3, -0.25) is 0 Å². The highest BCUT2D eigenvalue weighted by Gasteiger charge is 2.18. The molecule has 0 atom stereocenters. The molecule has 0 nitrogen and oxygen atoms in total. The van der Waals surface area contributed by atoms with Crippen LogP contribution in [0.15, 0.2) is 182 Å². The van der Waals surface area contributed by atoms with E-state index in [9.17, 15) is 6.85 Å². The third-order valence-corrected chi connectivity index (χ3v) is 8.88. The molecule has 0 aliphatic carbocycles. The standard InChI is InChI=1S/C46H30/c1-2-13-34(14-3-1)45-41-18-8-9-19-42(41)46(35-24-21-32(22-25-35)37-26-23-31-11-4-5-15-36(31)29-37)44-30-38(27-28-43(44)45)40-20-10-16-33-12-6-7-17-39(33)40/h1-30H/i8D,9D,18D,19D,27D,28D,30D. The van der Waals surface area contributed by atoms with Crippen molar-refractivity contribution in [3.05, 3.63) is 182 Å². The van der Waals surface area contributed by atoms with Crippen LogP contribution in [0.3, 0.4) is 0 Å². The van der Waals surface area contributed by atoms with Gasteiger partial charge in [-0.2, -0.15) is 0 Å². The van der Waals surface area contributed by atoms with Crippen LogP contribution in [0.5, 0.6) is 0 Å². The van der Waals surface area contributed by atoms with Gasteiger partial charge in [-0.05, 0) is 99.7 Å². The Morgan fingerprint density at radius 1 is 0.326 bits per heavy atom. The average Bonchev–Trinajstić information content (AvgIpc) is 3.20. The minimum absolute atomic E-state index is 0.0254. The molecular weight excluding hydrogens is 553 g/mol. The smallest absolute Gasteiger partial charge is 0.0622 e. The van der Waals surface area contributed by atoms with Gasteiger partial charge in [0.2, 0.25) is 0 Å². The summed E-state index contributed by atoms with van der Waals surface area (Å²) in [6.45, 7) is 0. The van der Waals surface area contributed by atoms with Crippen molar-refractivity contribution in [2.45, 2.75) is 0 Å². The van der Waals surface area contributed by atoms with Crippen LogP contribution in [0.2, 0.25) is 0 Å². The van der Waals surface area contributed by atoms with Crippen molar-refractivity contribution in [2.75, 3.05) is 0 Å². The van der Waals surface area contributed by atoms with E-state index in [0.717, 1.165) is 32.7 Å². The Balaban J connectivity index is 1.45. The topological polar surface area (TPSA) is 0 Å². The van der Waals surface area contributed by atoms with Crippen molar-refractivity contribution in [1.29, 1.82) is 0 Å². The van der Waals surface area contributed by atoms with Gasteiger partial charge in [0.15, 0.2) is 0 Å². The van der Waals surface area contributed by atoms with Crippen molar-refractivity contribution in [3.8, 4) is 44.5 Å². The highest BCUT2D eigenvalue weighted by Crippen LogP contribution is 2.45. The maximum atomic E-state index is 9.99. The zero-order valence-electron chi connectivity index (χ0n) is 31.8. The van der Waals surface area contributed by atoms with Gasteiger partial charge in [0, 0.05) is 0 Å². The Morgan fingerprint density at radius 2 is 0.913 bits per heavy atom. The van der Waals surface area contributed by atoms with Crippen LogP contribution in [0, 0.1) is 0 Å². The molecule has 0 aromatic heterocycles. The van der Waals surface area contributed by atoms with E-state index in [2.05, 4.69) is 30.3 Å². The van der Waals surface area contributed by atoms with Crippen LogP contribution < -0.4 is 0 Å². The molecule has 0 N–H and O–H groups in total. The molecule has 0 heterocycles. The normalized spacial score (nSPS) is 13.6. The molecule has 0 amide bonds. The monoisotopic (exact) mass is 589 g/mol. The molecule has 0 spiro atoms. The molecule has 0 fully saturated rings. The molecular formula is C46H30. The number of benzene rings is 9. The summed E-state index contributed by atoms with van der Waals surface area (Å²) in [5, 5.41) is 5.26. The highest BCUT2D eigenvalue weighted by atomic mass is 14.2. The van der Waals surface area contributed by atoms with Crippen molar-refractivity contribution >= 4 is 43.1 Å². The maximum Gasteiger partial charge on any atom is 0.0636 e. The van der Waals surface area contributed by atoms with E-state index >= 15 is 0 Å². The third kappa shape index (κ3) is 4.38. The lowest BCUT2D eigenvalue weighted by atomic mass is 9.84. The van der Waals surface area contributed by atoms with E-state index in [1.54, 1.807) is 0 Å². The number of hydrogen-bond donors (Lipinski definition) is 0. The Labute approximate surface area is 278 Å². The van der Waals surface area contributed by atoms with Gasteiger partial charge in [0.25, 0.3) is 0 Å². The van der Waals surface area contributed by atoms with E-state index in [4.69, 9.17) is 2.74 Å². The van der Waals surface area contributed by atoms with E-state index in [1.165, 1.54) is 0 Å². The maximum absolute atomic E-state index is 9.99. The Bertz CT molecular complexity index is 2950. The second kappa shape index (κ2) is 10.9. The first-order valence-electron chi connectivity index (χ1n) is 18.9. The zero-order valence-corrected chi connectivity index (χ0v) is 24.8. The van der Waals surface area contributed by atoms with Gasteiger partial charge < -0.3 is 0 Å². The minimum Gasteiger partial charge on any atom is -0.0622 e. The molecule has 0 saturated heterocycles. The summed E-state index contributed by atoms with van der Waals surface area (Å²) in [4.78, 5) is 0. The van der Waals surface area contributed by atoms with Gasteiger partial charge in [0.1, 0.15) is 0 Å². The Morgan fingerprint density at radius 3 is 1.72 bits per heavy atom. The number of fused-ring (bicyclic) bond motifs is 4. The van der Waals surface area contributed by atoms with Gasteiger partial charge >= 0.3 is 0 Å². The average molecular weight is 590 g/mol. The summed E-state index contributed by atoms with van der Waals surface area (Å²) < 4.78 is 65.3. The zero-order chi connectivity index (χ0) is 36.5. The van der Waals surface area contributed by atoms with Crippen LogP contribution in [0.4, 0.5) is 0 Å². The van der Waals surface area contributed by atoms with Crippen LogP contribution in [0.25, 0.3) is 87.6 Å². The van der Waals surface area contributed by atoms with Gasteiger partial charge in [0.05, 0.1) is 9.60 Å². The van der Waals surface area contributed by atoms with Crippen molar-refractivity contribution in [3.63, 3.8) is 0 Å². The fraction of sp³-hybridized carbons (Fsp3) is 0.